The molecule has 0 saturated carbocycles. The van der Waals surface area contributed by atoms with Crippen molar-refractivity contribution in [2.24, 2.45) is 5.92 Å². The number of piperidine rings is 1. The van der Waals surface area contributed by atoms with Gasteiger partial charge in [-0.25, -0.2) is 14.4 Å². The molecule has 2 aliphatic rings. The molecule has 5 rings (SSSR count). The van der Waals surface area contributed by atoms with Gasteiger partial charge >= 0.3 is 0 Å². The molecule has 0 spiro atoms. The van der Waals surface area contributed by atoms with Crippen LogP contribution in [0.15, 0.2) is 49.1 Å². The van der Waals surface area contributed by atoms with E-state index in [4.69, 9.17) is 4.98 Å². The van der Waals surface area contributed by atoms with Crippen molar-refractivity contribution in [1.82, 2.24) is 25.1 Å². The number of rotatable bonds is 6. The van der Waals surface area contributed by atoms with E-state index in [-0.39, 0.29) is 30.9 Å². The molecule has 0 bridgehead atoms. The highest BCUT2D eigenvalue weighted by Crippen LogP contribution is 2.32. The Morgan fingerprint density at radius 1 is 0.971 bits per heavy atom. The zero-order valence-electron chi connectivity index (χ0n) is 19.1. The molecule has 182 valence electrons. The smallest absolute Gasteiger partial charge is 0.172 e. The summed E-state index contributed by atoms with van der Waals surface area (Å²) in [7, 11) is 0. The normalized spacial score (nSPS) is 18.5. The molecule has 4 heterocycles. The van der Waals surface area contributed by atoms with E-state index < -0.39 is 0 Å². The molecule has 1 unspecified atom stereocenters. The Morgan fingerprint density at radius 3 is 2.24 bits per heavy atom. The van der Waals surface area contributed by atoms with Gasteiger partial charge in [0.25, 0.3) is 0 Å². The van der Waals surface area contributed by atoms with Crippen LogP contribution in [0, 0.1) is 11.7 Å². The highest BCUT2D eigenvalue weighted by molar-refractivity contribution is 5.85. The summed E-state index contributed by atoms with van der Waals surface area (Å²) >= 11 is 0. The lowest BCUT2D eigenvalue weighted by molar-refractivity contribution is 0.202. The lowest BCUT2D eigenvalue weighted by Gasteiger charge is -2.41. The number of piperazine rings is 1. The number of aromatic nitrogens is 4. The van der Waals surface area contributed by atoms with Gasteiger partial charge in [-0.15, -0.1) is 12.4 Å². The standard InChI is InChI=1S/C24H30FN7O.ClH/c25-21-3-1-2-19(14-21)22(20-15-28-29-16-20)30-10-12-32(13-11-30)24-23(26-6-7-27-24)31-8-4-18(17-33)5-9-31;/h1-3,6-7,14-16,18,22,33H,4-5,8-13,17H2,(H,28,29);1H. The van der Waals surface area contributed by atoms with E-state index >= 15 is 0 Å². The van der Waals surface area contributed by atoms with Crippen molar-refractivity contribution < 1.29 is 9.50 Å². The van der Waals surface area contributed by atoms with Crippen LogP contribution in [0.2, 0.25) is 0 Å². The molecule has 8 nitrogen and oxygen atoms in total. The maximum atomic E-state index is 14.0. The molecule has 2 fully saturated rings. The summed E-state index contributed by atoms with van der Waals surface area (Å²) in [4.78, 5) is 16.3. The van der Waals surface area contributed by atoms with Crippen molar-refractivity contribution in [3.63, 3.8) is 0 Å². The summed E-state index contributed by atoms with van der Waals surface area (Å²) in [6.07, 6.45) is 9.16. The minimum absolute atomic E-state index is 0. The number of H-pyrrole nitrogens is 1. The molecule has 2 aliphatic heterocycles. The summed E-state index contributed by atoms with van der Waals surface area (Å²) in [5.41, 5.74) is 1.96. The van der Waals surface area contributed by atoms with Gasteiger partial charge in [-0.2, -0.15) is 5.10 Å². The van der Waals surface area contributed by atoms with Gasteiger partial charge in [-0.3, -0.25) is 10.00 Å². The Balaban J connectivity index is 0.00000274. The summed E-state index contributed by atoms with van der Waals surface area (Å²) in [6.45, 7) is 5.28. The first-order valence-corrected chi connectivity index (χ1v) is 11.6. The van der Waals surface area contributed by atoms with Crippen LogP contribution in [-0.4, -0.2) is 76.0 Å². The van der Waals surface area contributed by atoms with Crippen LogP contribution >= 0.6 is 12.4 Å². The van der Waals surface area contributed by atoms with Crippen LogP contribution in [0.1, 0.15) is 30.0 Å². The minimum Gasteiger partial charge on any atom is -0.396 e. The van der Waals surface area contributed by atoms with E-state index in [1.54, 1.807) is 24.5 Å². The second-order valence-electron chi connectivity index (χ2n) is 8.83. The third-order valence-corrected chi connectivity index (χ3v) is 6.81. The maximum Gasteiger partial charge on any atom is 0.172 e. The van der Waals surface area contributed by atoms with E-state index in [1.165, 1.54) is 6.07 Å². The number of benzene rings is 1. The summed E-state index contributed by atoms with van der Waals surface area (Å²) in [5.74, 6) is 2.01. The van der Waals surface area contributed by atoms with Gasteiger partial charge in [0.15, 0.2) is 11.6 Å². The van der Waals surface area contributed by atoms with Gasteiger partial charge in [0, 0.05) is 70.0 Å². The van der Waals surface area contributed by atoms with Crippen LogP contribution < -0.4 is 9.80 Å². The zero-order chi connectivity index (χ0) is 22.6. The first-order chi connectivity index (χ1) is 16.2. The first-order valence-electron chi connectivity index (χ1n) is 11.6. The fourth-order valence-electron chi connectivity index (χ4n) is 4.99. The fraction of sp³-hybridized carbons (Fsp3) is 0.458. The van der Waals surface area contributed by atoms with Crippen molar-refractivity contribution in [2.45, 2.75) is 18.9 Å². The van der Waals surface area contributed by atoms with Crippen molar-refractivity contribution in [3.05, 3.63) is 66.0 Å². The van der Waals surface area contributed by atoms with Gasteiger partial charge < -0.3 is 14.9 Å². The lowest BCUT2D eigenvalue weighted by Crippen LogP contribution is -2.48. The highest BCUT2D eigenvalue weighted by atomic mass is 35.5. The van der Waals surface area contributed by atoms with Crippen LogP contribution in [-0.2, 0) is 0 Å². The summed E-state index contributed by atoms with van der Waals surface area (Å²) in [5, 5.41) is 16.5. The van der Waals surface area contributed by atoms with Gasteiger partial charge in [-0.05, 0) is 36.5 Å². The van der Waals surface area contributed by atoms with Crippen LogP contribution in [0.3, 0.4) is 0 Å². The molecule has 1 aromatic carbocycles. The molecule has 2 aromatic heterocycles. The van der Waals surface area contributed by atoms with E-state index in [9.17, 15) is 9.50 Å². The van der Waals surface area contributed by atoms with Gasteiger partial charge in [0.2, 0.25) is 0 Å². The summed E-state index contributed by atoms with van der Waals surface area (Å²) < 4.78 is 14.0. The average molecular weight is 488 g/mol. The molecular formula is C24H31ClFN7O. The number of hydrogen-bond donors (Lipinski definition) is 2. The van der Waals surface area contributed by atoms with E-state index in [0.717, 1.165) is 74.9 Å². The Kier molecular flexibility index (Phi) is 7.97. The minimum atomic E-state index is -0.228. The lowest BCUT2D eigenvalue weighted by atomic mass is 9.98. The number of aromatic amines is 1. The number of anilines is 2. The molecule has 0 radical (unpaired) electrons. The Labute approximate surface area is 205 Å². The monoisotopic (exact) mass is 487 g/mol. The van der Waals surface area contributed by atoms with Crippen LogP contribution in [0.4, 0.5) is 16.0 Å². The van der Waals surface area contributed by atoms with Gasteiger partial charge in [0.1, 0.15) is 5.82 Å². The van der Waals surface area contributed by atoms with E-state index in [0.29, 0.717) is 5.92 Å². The predicted octanol–water partition coefficient (Wildman–Crippen LogP) is 2.88. The fourth-order valence-corrected chi connectivity index (χ4v) is 4.99. The molecular weight excluding hydrogens is 457 g/mol. The van der Waals surface area contributed by atoms with E-state index in [1.807, 2.05) is 18.5 Å². The van der Waals surface area contributed by atoms with Gasteiger partial charge in [-0.1, -0.05) is 12.1 Å². The number of nitrogens with zero attached hydrogens (tertiary/aromatic N) is 6. The third kappa shape index (κ3) is 5.16. The molecule has 10 heteroatoms. The molecule has 2 saturated heterocycles. The zero-order valence-corrected chi connectivity index (χ0v) is 19.9. The Bertz CT molecular complexity index is 1040. The van der Waals surface area contributed by atoms with Gasteiger partial charge in [0.05, 0.1) is 12.2 Å². The van der Waals surface area contributed by atoms with Crippen LogP contribution in [0.5, 0.6) is 0 Å². The molecule has 0 aliphatic carbocycles. The summed E-state index contributed by atoms with van der Waals surface area (Å²) in [6, 6.07) is 6.78. The molecule has 1 atom stereocenters. The predicted molar refractivity (Wildman–Crippen MR) is 132 cm³/mol. The van der Waals surface area contributed by atoms with Crippen molar-refractivity contribution >= 4 is 24.0 Å². The molecule has 0 amide bonds. The van der Waals surface area contributed by atoms with Crippen molar-refractivity contribution in [3.8, 4) is 0 Å². The first kappa shape index (κ1) is 24.4. The number of halogens is 2. The number of aliphatic hydroxyl groups excluding tert-OH is 1. The average Bonchev–Trinajstić information content (AvgIpc) is 3.39. The molecule has 34 heavy (non-hydrogen) atoms. The quantitative estimate of drug-likeness (QED) is 0.553. The Hall–Kier alpha value is -2.75. The van der Waals surface area contributed by atoms with Crippen LogP contribution in [0.25, 0.3) is 0 Å². The number of hydrogen-bond acceptors (Lipinski definition) is 7. The maximum absolute atomic E-state index is 14.0. The second-order valence-corrected chi connectivity index (χ2v) is 8.83. The molecule has 2 N–H and O–H groups in total. The molecule has 3 aromatic rings. The Morgan fingerprint density at radius 2 is 1.65 bits per heavy atom. The van der Waals surface area contributed by atoms with Crippen molar-refractivity contribution in [2.75, 3.05) is 55.7 Å². The third-order valence-electron chi connectivity index (χ3n) is 6.81. The topological polar surface area (TPSA) is 84.4 Å². The highest BCUT2D eigenvalue weighted by Gasteiger charge is 2.30. The SMILES string of the molecule is Cl.OCC1CCN(c2nccnc2N2CCN(C(c3cn[nH]c3)c3cccc(F)c3)CC2)CC1. The number of aliphatic hydroxyl groups is 1. The van der Waals surface area contributed by atoms with E-state index in [2.05, 4.69) is 29.9 Å². The largest absolute Gasteiger partial charge is 0.396 e. The number of nitrogens with one attached hydrogen (secondary N) is 1. The second kappa shape index (κ2) is 11.1. The van der Waals surface area contributed by atoms with Crippen molar-refractivity contribution in [1.29, 1.82) is 0 Å².